The third kappa shape index (κ3) is 4.00. The molecule has 1 unspecified atom stereocenters. The summed E-state index contributed by atoms with van der Waals surface area (Å²) < 4.78 is 0. The molecule has 1 N–H and O–H groups in total. The van der Waals surface area contributed by atoms with E-state index in [0.29, 0.717) is 5.92 Å². The van der Waals surface area contributed by atoms with Crippen LogP contribution in [0.5, 0.6) is 0 Å². The first kappa shape index (κ1) is 13.3. The minimum Gasteiger partial charge on any atom is -0.338 e. The molecule has 1 saturated heterocycles. The van der Waals surface area contributed by atoms with Crippen molar-refractivity contribution < 1.29 is 4.79 Å². The second-order valence-corrected chi connectivity index (χ2v) is 4.70. The summed E-state index contributed by atoms with van der Waals surface area (Å²) in [5.74, 6) is 0.652. The number of hydrogen-bond donors (Lipinski definition) is 1. The van der Waals surface area contributed by atoms with Crippen molar-refractivity contribution >= 4 is 6.03 Å². The maximum atomic E-state index is 11.6. The van der Waals surface area contributed by atoms with Crippen molar-refractivity contribution in [2.24, 2.45) is 5.92 Å². The van der Waals surface area contributed by atoms with Crippen molar-refractivity contribution in [3.8, 4) is 0 Å². The SMILES string of the molecule is CCCN(C)CC1CCN(C(=O)NCC)C1. The average molecular weight is 227 g/mol. The smallest absolute Gasteiger partial charge is 0.317 e. The normalized spacial score (nSPS) is 20.5. The molecule has 94 valence electrons. The Morgan fingerprint density at radius 2 is 2.25 bits per heavy atom. The second kappa shape index (κ2) is 6.74. The lowest BCUT2D eigenvalue weighted by Crippen LogP contribution is -2.39. The predicted molar refractivity (Wildman–Crippen MR) is 66.5 cm³/mol. The molecule has 0 bridgehead atoms. The molecule has 1 aliphatic rings. The molecule has 0 aromatic carbocycles. The molecule has 0 aromatic heterocycles. The molecule has 2 amide bonds. The van der Waals surface area contributed by atoms with Gasteiger partial charge in [-0.2, -0.15) is 0 Å². The summed E-state index contributed by atoms with van der Waals surface area (Å²) in [6, 6.07) is 0.100. The summed E-state index contributed by atoms with van der Waals surface area (Å²) in [5, 5.41) is 2.86. The van der Waals surface area contributed by atoms with Gasteiger partial charge in [-0.25, -0.2) is 4.79 Å². The highest BCUT2D eigenvalue weighted by atomic mass is 16.2. The minimum atomic E-state index is 0.100. The standard InChI is InChI=1S/C12H25N3O/c1-4-7-14(3)9-11-6-8-15(10-11)12(16)13-5-2/h11H,4-10H2,1-3H3,(H,13,16). The number of carbonyl (C=O) groups is 1. The van der Waals surface area contributed by atoms with Crippen LogP contribution in [0.2, 0.25) is 0 Å². The van der Waals surface area contributed by atoms with Crippen LogP contribution < -0.4 is 5.32 Å². The third-order valence-corrected chi connectivity index (χ3v) is 3.08. The molecule has 0 radical (unpaired) electrons. The number of urea groups is 1. The highest BCUT2D eigenvalue weighted by Crippen LogP contribution is 2.17. The van der Waals surface area contributed by atoms with Crippen LogP contribution in [0.25, 0.3) is 0 Å². The van der Waals surface area contributed by atoms with Gasteiger partial charge in [0.2, 0.25) is 0 Å². The van der Waals surface area contributed by atoms with E-state index in [0.717, 1.165) is 39.1 Å². The highest BCUT2D eigenvalue weighted by Gasteiger charge is 2.26. The number of carbonyl (C=O) groups excluding carboxylic acids is 1. The van der Waals surface area contributed by atoms with Crippen molar-refractivity contribution in [2.45, 2.75) is 26.7 Å². The molecule has 0 aliphatic carbocycles. The molecule has 1 heterocycles. The van der Waals surface area contributed by atoms with Crippen LogP contribution in [-0.4, -0.2) is 55.6 Å². The van der Waals surface area contributed by atoms with Gasteiger partial charge in [-0.05, 0) is 39.3 Å². The average Bonchev–Trinajstić information content (AvgIpc) is 2.67. The van der Waals surface area contributed by atoms with Crippen molar-refractivity contribution in [1.29, 1.82) is 0 Å². The van der Waals surface area contributed by atoms with E-state index in [1.54, 1.807) is 0 Å². The summed E-state index contributed by atoms with van der Waals surface area (Å²) in [6.07, 6.45) is 2.34. The van der Waals surface area contributed by atoms with E-state index in [1.165, 1.54) is 6.42 Å². The number of hydrogen-bond acceptors (Lipinski definition) is 2. The van der Waals surface area contributed by atoms with Gasteiger partial charge in [0.1, 0.15) is 0 Å². The van der Waals surface area contributed by atoms with E-state index in [-0.39, 0.29) is 6.03 Å². The molecule has 1 rings (SSSR count). The minimum absolute atomic E-state index is 0.100. The quantitative estimate of drug-likeness (QED) is 0.770. The maximum Gasteiger partial charge on any atom is 0.317 e. The van der Waals surface area contributed by atoms with E-state index in [1.807, 2.05) is 11.8 Å². The topological polar surface area (TPSA) is 35.6 Å². The molecule has 0 saturated carbocycles. The van der Waals surface area contributed by atoms with Gasteiger partial charge in [0.05, 0.1) is 0 Å². The molecule has 4 heteroatoms. The van der Waals surface area contributed by atoms with Crippen molar-refractivity contribution in [2.75, 3.05) is 39.8 Å². The molecule has 1 atom stereocenters. The van der Waals surface area contributed by atoms with Crippen molar-refractivity contribution in [3.63, 3.8) is 0 Å². The number of likely N-dealkylation sites (tertiary alicyclic amines) is 1. The Kier molecular flexibility index (Phi) is 5.60. The van der Waals surface area contributed by atoms with Crippen molar-refractivity contribution in [1.82, 2.24) is 15.1 Å². The van der Waals surface area contributed by atoms with Gasteiger partial charge in [-0.1, -0.05) is 6.92 Å². The fraction of sp³-hybridized carbons (Fsp3) is 0.917. The Bertz CT molecular complexity index is 220. The number of amides is 2. The lowest BCUT2D eigenvalue weighted by molar-refractivity contribution is 0.205. The summed E-state index contributed by atoms with van der Waals surface area (Å²) in [4.78, 5) is 15.9. The maximum absolute atomic E-state index is 11.6. The zero-order chi connectivity index (χ0) is 12.0. The van der Waals surface area contributed by atoms with Gasteiger partial charge in [-0.15, -0.1) is 0 Å². The van der Waals surface area contributed by atoms with Crippen molar-refractivity contribution in [3.05, 3.63) is 0 Å². The Morgan fingerprint density at radius 3 is 2.88 bits per heavy atom. The summed E-state index contributed by atoms with van der Waals surface area (Å²) in [6.45, 7) is 8.97. The Balaban J connectivity index is 2.26. The first-order valence-electron chi connectivity index (χ1n) is 6.38. The van der Waals surface area contributed by atoms with Gasteiger partial charge in [0, 0.05) is 26.2 Å². The van der Waals surface area contributed by atoms with Crippen LogP contribution >= 0.6 is 0 Å². The lowest BCUT2D eigenvalue weighted by Gasteiger charge is -2.21. The first-order valence-corrected chi connectivity index (χ1v) is 6.38. The van der Waals surface area contributed by atoms with Crippen LogP contribution in [0.3, 0.4) is 0 Å². The lowest BCUT2D eigenvalue weighted by atomic mass is 10.1. The van der Waals surface area contributed by atoms with Crippen LogP contribution in [0.1, 0.15) is 26.7 Å². The Morgan fingerprint density at radius 1 is 1.50 bits per heavy atom. The van der Waals surface area contributed by atoms with Gasteiger partial charge >= 0.3 is 6.03 Å². The predicted octanol–water partition coefficient (Wildman–Crippen LogP) is 1.38. The Hall–Kier alpha value is -0.770. The van der Waals surface area contributed by atoms with Gasteiger partial charge in [0.25, 0.3) is 0 Å². The fourth-order valence-corrected chi connectivity index (χ4v) is 2.34. The zero-order valence-corrected chi connectivity index (χ0v) is 10.8. The van der Waals surface area contributed by atoms with Gasteiger partial charge in [0.15, 0.2) is 0 Å². The number of nitrogens with one attached hydrogen (secondary N) is 1. The summed E-state index contributed by atoms with van der Waals surface area (Å²) in [5.41, 5.74) is 0. The van der Waals surface area contributed by atoms with E-state index in [9.17, 15) is 4.79 Å². The highest BCUT2D eigenvalue weighted by molar-refractivity contribution is 5.74. The molecular weight excluding hydrogens is 202 g/mol. The van der Waals surface area contributed by atoms with Crippen LogP contribution in [0.15, 0.2) is 0 Å². The zero-order valence-electron chi connectivity index (χ0n) is 10.8. The Labute approximate surface area is 99.0 Å². The third-order valence-electron chi connectivity index (χ3n) is 3.08. The number of nitrogens with zero attached hydrogens (tertiary/aromatic N) is 2. The largest absolute Gasteiger partial charge is 0.338 e. The first-order chi connectivity index (χ1) is 7.67. The van der Waals surface area contributed by atoms with Gasteiger partial charge < -0.3 is 15.1 Å². The molecule has 0 aromatic rings. The van der Waals surface area contributed by atoms with Crippen LogP contribution in [0.4, 0.5) is 4.79 Å². The van der Waals surface area contributed by atoms with Gasteiger partial charge in [-0.3, -0.25) is 0 Å². The van der Waals surface area contributed by atoms with Crippen LogP contribution in [-0.2, 0) is 0 Å². The molecule has 1 fully saturated rings. The second-order valence-electron chi connectivity index (χ2n) is 4.70. The monoisotopic (exact) mass is 227 g/mol. The molecule has 16 heavy (non-hydrogen) atoms. The fourth-order valence-electron chi connectivity index (χ4n) is 2.34. The molecule has 0 spiro atoms. The van der Waals surface area contributed by atoms with E-state index in [4.69, 9.17) is 0 Å². The van der Waals surface area contributed by atoms with E-state index in [2.05, 4.69) is 24.2 Å². The van der Waals surface area contributed by atoms with Crippen LogP contribution in [0, 0.1) is 5.92 Å². The van der Waals surface area contributed by atoms with E-state index < -0.39 is 0 Å². The molecular formula is C12H25N3O. The van der Waals surface area contributed by atoms with E-state index >= 15 is 0 Å². The summed E-state index contributed by atoms with van der Waals surface area (Å²) in [7, 11) is 2.16. The molecule has 1 aliphatic heterocycles. The molecule has 4 nitrogen and oxygen atoms in total. The number of rotatable bonds is 5. The summed E-state index contributed by atoms with van der Waals surface area (Å²) >= 11 is 0.